The molecule has 0 spiro atoms. The van der Waals surface area contributed by atoms with Crippen LogP contribution in [0.1, 0.15) is 6.92 Å². The first-order valence-electron chi connectivity index (χ1n) is 3.14. The highest BCUT2D eigenvalue weighted by Gasteiger charge is 2.06. The van der Waals surface area contributed by atoms with E-state index in [2.05, 4.69) is 10.3 Å². The summed E-state index contributed by atoms with van der Waals surface area (Å²) in [5.74, 6) is -0.357. The Hall–Kier alpha value is -1.23. The van der Waals surface area contributed by atoms with E-state index in [1.54, 1.807) is 7.05 Å². The lowest BCUT2D eigenvalue weighted by atomic mass is 10.2. The number of nitrogens with zero attached hydrogens (tertiary/aromatic N) is 1. The number of nitrogens with two attached hydrogens (primary N) is 1. The van der Waals surface area contributed by atoms with Gasteiger partial charge in [-0.1, -0.05) is 0 Å². The van der Waals surface area contributed by atoms with E-state index in [0.29, 0.717) is 0 Å². The largest absolute Gasteiger partial charge is 0.368 e. The number of rotatable bonds is 3. The minimum Gasteiger partial charge on any atom is -0.368 e. The Bertz CT molecular complexity index is 187. The van der Waals surface area contributed by atoms with E-state index in [4.69, 9.17) is 11.1 Å². The van der Waals surface area contributed by atoms with Crippen LogP contribution in [-0.2, 0) is 4.79 Å². The van der Waals surface area contributed by atoms with Crippen LogP contribution in [0.15, 0.2) is 4.99 Å². The number of likely N-dealkylation sites (N-methyl/N-ethyl adjacent to an activating group) is 1. The molecule has 1 atom stereocenters. The van der Waals surface area contributed by atoms with Gasteiger partial charge in [0.2, 0.25) is 5.96 Å². The number of nitrogens with one attached hydrogen (secondary N) is 2. The molecule has 11 heavy (non-hydrogen) atoms. The lowest BCUT2D eigenvalue weighted by Crippen LogP contribution is -2.34. The van der Waals surface area contributed by atoms with Crippen molar-refractivity contribution in [3.05, 3.63) is 0 Å². The second kappa shape index (κ2) is 4.56. The molecule has 0 heterocycles. The van der Waals surface area contributed by atoms with Crippen LogP contribution in [0, 0.1) is 5.41 Å². The molecular formula is C6H12N4O. The summed E-state index contributed by atoms with van der Waals surface area (Å²) in [5.41, 5.74) is 4.94. The van der Waals surface area contributed by atoms with E-state index in [0.717, 1.165) is 0 Å². The zero-order valence-electron chi connectivity index (χ0n) is 6.59. The van der Waals surface area contributed by atoms with Gasteiger partial charge in [-0.25, -0.2) is 4.99 Å². The van der Waals surface area contributed by atoms with Crippen molar-refractivity contribution in [1.29, 1.82) is 5.41 Å². The van der Waals surface area contributed by atoms with Gasteiger partial charge in [0, 0.05) is 6.21 Å². The van der Waals surface area contributed by atoms with Crippen LogP contribution in [0.3, 0.4) is 0 Å². The third-order valence-corrected chi connectivity index (χ3v) is 1.11. The second-order valence-electron chi connectivity index (χ2n) is 2.04. The number of guanidine groups is 1. The molecule has 0 saturated heterocycles. The molecule has 0 aromatic rings. The number of ketones is 1. The Morgan fingerprint density at radius 2 is 2.36 bits per heavy atom. The van der Waals surface area contributed by atoms with E-state index < -0.39 is 6.04 Å². The van der Waals surface area contributed by atoms with Crippen molar-refractivity contribution in [2.24, 2.45) is 10.7 Å². The predicted molar refractivity (Wildman–Crippen MR) is 43.9 cm³/mol. The molecule has 0 bridgehead atoms. The van der Waals surface area contributed by atoms with Gasteiger partial charge in [0.1, 0.15) is 6.04 Å². The third kappa shape index (κ3) is 4.21. The summed E-state index contributed by atoms with van der Waals surface area (Å²) in [6, 6.07) is -0.445. The van der Waals surface area contributed by atoms with Crippen molar-refractivity contribution in [3.8, 4) is 0 Å². The van der Waals surface area contributed by atoms with E-state index in [-0.39, 0.29) is 11.7 Å². The van der Waals surface area contributed by atoms with Crippen LogP contribution in [0.4, 0.5) is 0 Å². The van der Waals surface area contributed by atoms with Crippen LogP contribution in [0.25, 0.3) is 0 Å². The zero-order valence-corrected chi connectivity index (χ0v) is 6.59. The fraction of sp³-hybridized carbons (Fsp3) is 0.500. The second-order valence-corrected chi connectivity index (χ2v) is 2.04. The Kier molecular flexibility index (Phi) is 4.05. The maximum Gasteiger partial charge on any atom is 0.212 e. The highest BCUT2D eigenvalue weighted by molar-refractivity contribution is 6.00. The van der Waals surface area contributed by atoms with Gasteiger partial charge in [-0.2, -0.15) is 0 Å². The fourth-order valence-electron chi connectivity index (χ4n) is 0.538. The van der Waals surface area contributed by atoms with Crippen LogP contribution in [0.2, 0.25) is 0 Å². The summed E-state index contributed by atoms with van der Waals surface area (Å²) < 4.78 is 0. The molecule has 0 saturated carbocycles. The van der Waals surface area contributed by atoms with Gasteiger partial charge in [-0.3, -0.25) is 10.2 Å². The van der Waals surface area contributed by atoms with Gasteiger partial charge < -0.3 is 11.1 Å². The Labute approximate surface area is 65.2 Å². The van der Waals surface area contributed by atoms with Crippen molar-refractivity contribution < 1.29 is 4.79 Å². The number of carbonyl (C=O) groups is 1. The molecular weight excluding hydrogens is 144 g/mol. The minimum atomic E-state index is -0.445. The Morgan fingerprint density at radius 3 is 2.64 bits per heavy atom. The van der Waals surface area contributed by atoms with Crippen LogP contribution < -0.4 is 11.1 Å². The maximum atomic E-state index is 10.7. The van der Waals surface area contributed by atoms with Crippen molar-refractivity contribution in [2.45, 2.75) is 13.0 Å². The van der Waals surface area contributed by atoms with E-state index in [1.807, 2.05) is 0 Å². The molecule has 4 N–H and O–H groups in total. The van der Waals surface area contributed by atoms with Crippen molar-refractivity contribution in [1.82, 2.24) is 5.32 Å². The van der Waals surface area contributed by atoms with E-state index in [1.165, 1.54) is 13.1 Å². The van der Waals surface area contributed by atoms with Crippen LogP contribution >= 0.6 is 0 Å². The first-order chi connectivity index (χ1) is 5.07. The summed E-state index contributed by atoms with van der Waals surface area (Å²) >= 11 is 0. The number of hydrogen-bond acceptors (Lipinski definition) is 3. The standard InChI is InChI=1S/C6H12N4O/c1-4(11)5(9-2)3-10-6(7)8/h3,5,9H,1-2H3,(H3,7,8)/t5-/m0/s1. The molecule has 0 aliphatic carbocycles. The molecule has 0 aromatic carbocycles. The predicted octanol–water partition coefficient (Wildman–Crippen LogP) is -0.872. The molecule has 0 aliphatic heterocycles. The molecule has 0 aliphatic rings. The van der Waals surface area contributed by atoms with Gasteiger partial charge >= 0.3 is 0 Å². The fourth-order valence-corrected chi connectivity index (χ4v) is 0.538. The molecule has 0 aromatic heterocycles. The Morgan fingerprint density at radius 1 is 1.82 bits per heavy atom. The number of carbonyl (C=O) groups excluding carboxylic acids is 1. The summed E-state index contributed by atoms with van der Waals surface area (Å²) in [5, 5.41) is 9.45. The molecule has 5 heteroatoms. The van der Waals surface area contributed by atoms with E-state index >= 15 is 0 Å². The molecule has 0 unspecified atom stereocenters. The van der Waals surface area contributed by atoms with Gasteiger partial charge in [0.15, 0.2) is 5.78 Å². The molecule has 0 radical (unpaired) electrons. The minimum absolute atomic E-state index is 0.0579. The number of Topliss-reactive ketones (excluding diaryl/α,β-unsaturated/α-hetero) is 1. The van der Waals surface area contributed by atoms with Crippen molar-refractivity contribution in [3.63, 3.8) is 0 Å². The monoisotopic (exact) mass is 156 g/mol. The molecule has 5 nitrogen and oxygen atoms in total. The highest BCUT2D eigenvalue weighted by atomic mass is 16.1. The number of hydrogen-bond donors (Lipinski definition) is 3. The molecule has 0 amide bonds. The average Bonchev–Trinajstić information content (AvgIpc) is 1.87. The Balaban J connectivity index is 4.08. The maximum absolute atomic E-state index is 10.7. The lowest BCUT2D eigenvalue weighted by molar-refractivity contribution is -0.117. The van der Waals surface area contributed by atoms with Gasteiger partial charge in [0.25, 0.3) is 0 Å². The van der Waals surface area contributed by atoms with Crippen molar-refractivity contribution in [2.75, 3.05) is 7.05 Å². The summed E-state index contributed by atoms with van der Waals surface area (Å²) in [6.07, 6.45) is 1.31. The summed E-state index contributed by atoms with van der Waals surface area (Å²) in [7, 11) is 1.64. The van der Waals surface area contributed by atoms with Crippen LogP contribution in [0.5, 0.6) is 0 Å². The van der Waals surface area contributed by atoms with Gasteiger partial charge in [-0.15, -0.1) is 0 Å². The first-order valence-corrected chi connectivity index (χ1v) is 3.14. The number of aliphatic imine (C=N–C) groups is 1. The quantitative estimate of drug-likeness (QED) is 0.366. The van der Waals surface area contributed by atoms with Crippen LogP contribution in [-0.4, -0.2) is 31.0 Å². The molecule has 0 fully saturated rings. The van der Waals surface area contributed by atoms with E-state index in [9.17, 15) is 4.79 Å². The smallest absolute Gasteiger partial charge is 0.212 e. The van der Waals surface area contributed by atoms with Gasteiger partial charge in [0.05, 0.1) is 0 Å². The first kappa shape index (κ1) is 9.77. The van der Waals surface area contributed by atoms with Gasteiger partial charge in [-0.05, 0) is 14.0 Å². The van der Waals surface area contributed by atoms with Crippen molar-refractivity contribution >= 4 is 18.0 Å². The molecule has 62 valence electrons. The SMILES string of the molecule is CN[C@@H](C=NC(=N)N)C(C)=O. The highest BCUT2D eigenvalue weighted by Crippen LogP contribution is 1.79. The third-order valence-electron chi connectivity index (χ3n) is 1.11. The normalized spacial score (nSPS) is 13.3. The summed E-state index contributed by atoms with van der Waals surface area (Å²) in [4.78, 5) is 14.2. The topological polar surface area (TPSA) is 91.3 Å². The molecule has 0 rings (SSSR count). The average molecular weight is 156 g/mol. The lowest BCUT2D eigenvalue weighted by Gasteiger charge is -2.04. The summed E-state index contributed by atoms with van der Waals surface area (Å²) in [6.45, 7) is 1.44. The zero-order chi connectivity index (χ0) is 8.85.